The Morgan fingerprint density at radius 2 is 2.00 bits per heavy atom. The maximum absolute atomic E-state index is 13.0. The topological polar surface area (TPSA) is 40.6 Å². The van der Waals surface area contributed by atoms with Crippen LogP contribution in [-0.2, 0) is 9.59 Å². The fraction of sp³-hybridized carbons (Fsp3) is 0.556. The summed E-state index contributed by atoms with van der Waals surface area (Å²) in [5, 5.41) is 0. The molecule has 23 heavy (non-hydrogen) atoms. The summed E-state index contributed by atoms with van der Waals surface area (Å²) in [6, 6.07) is 6.18. The van der Waals surface area contributed by atoms with Crippen LogP contribution in [0.3, 0.4) is 0 Å². The van der Waals surface area contributed by atoms with Gasteiger partial charge in [-0.25, -0.2) is 4.39 Å². The second-order valence-corrected chi connectivity index (χ2v) is 6.47. The standard InChI is InChI=1S/C18H23FN2O2/c1-2-15-5-3-4-10-20(15)18(23)13-11-17(22)21(12-13)16-8-6-14(19)7-9-16/h6-9,13,15H,2-5,10-12H2,1H3. The molecule has 2 heterocycles. The predicted octanol–water partition coefficient (Wildman–Crippen LogP) is 2.97. The number of amides is 2. The van der Waals surface area contributed by atoms with Crippen molar-refractivity contribution in [1.29, 1.82) is 0 Å². The van der Waals surface area contributed by atoms with Gasteiger partial charge < -0.3 is 9.80 Å². The van der Waals surface area contributed by atoms with Crippen LogP contribution in [0.4, 0.5) is 10.1 Å². The molecule has 2 atom stereocenters. The molecule has 2 aliphatic heterocycles. The van der Waals surface area contributed by atoms with Gasteiger partial charge in [0, 0.05) is 31.2 Å². The van der Waals surface area contributed by atoms with Gasteiger partial charge in [-0.3, -0.25) is 9.59 Å². The Balaban J connectivity index is 1.71. The van der Waals surface area contributed by atoms with Gasteiger partial charge >= 0.3 is 0 Å². The highest BCUT2D eigenvalue weighted by atomic mass is 19.1. The van der Waals surface area contributed by atoms with E-state index in [1.54, 1.807) is 17.0 Å². The van der Waals surface area contributed by atoms with Gasteiger partial charge in [-0.1, -0.05) is 6.92 Å². The van der Waals surface area contributed by atoms with Crippen molar-refractivity contribution in [3.63, 3.8) is 0 Å². The molecule has 0 bridgehead atoms. The molecule has 2 saturated heterocycles. The molecule has 5 heteroatoms. The highest BCUT2D eigenvalue weighted by molar-refractivity contribution is 6.00. The molecule has 2 fully saturated rings. The largest absolute Gasteiger partial charge is 0.339 e. The Hall–Kier alpha value is -1.91. The van der Waals surface area contributed by atoms with Gasteiger partial charge in [-0.2, -0.15) is 0 Å². The minimum absolute atomic E-state index is 0.0555. The van der Waals surface area contributed by atoms with E-state index >= 15 is 0 Å². The van der Waals surface area contributed by atoms with E-state index in [0.29, 0.717) is 18.3 Å². The van der Waals surface area contributed by atoms with Gasteiger partial charge in [0.05, 0.1) is 5.92 Å². The van der Waals surface area contributed by atoms with Crippen molar-refractivity contribution < 1.29 is 14.0 Å². The van der Waals surface area contributed by atoms with Crippen molar-refractivity contribution in [1.82, 2.24) is 4.90 Å². The number of rotatable bonds is 3. The van der Waals surface area contributed by atoms with Gasteiger partial charge in [0.25, 0.3) is 0 Å². The van der Waals surface area contributed by atoms with E-state index in [2.05, 4.69) is 6.92 Å². The van der Waals surface area contributed by atoms with E-state index in [9.17, 15) is 14.0 Å². The van der Waals surface area contributed by atoms with Crippen molar-refractivity contribution in [2.45, 2.75) is 45.1 Å². The maximum atomic E-state index is 13.0. The number of nitrogens with zero attached hydrogens (tertiary/aromatic N) is 2. The molecule has 4 nitrogen and oxygen atoms in total. The van der Waals surface area contributed by atoms with Crippen LogP contribution in [0.2, 0.25) is 0 Å². The monoisotopic (exact) mass is 318 g/mol. The lowest BCUT2D eigenvalue weighted by molar-refractivity contribution is -0.139. The fourth-order valence-corrected chi connectivity index (χ4v) is 3.69. The molecule has 2 unspecified atom stereocenters. The molecule has 0 aliphatic carbocycles. The molecule has 0 aromatic heterocycles. The third-order valence-corrected chi connectivity index (χ3v) is 4.99. The summed E-state index contributed by atoms with van der Waals surface area (Å²) in [5.74, 6) is -0.554. The average Bonchev–Trinajstić information content (AvgIpc) is 2.96. The van der Waals surface area contributed by atoms with E-state index in [1.807, 2.05) is 4.90 Å². The van der Waals surface area contributed by atoms with Crippen LogP contribution >= 0.6 is 0 Å². The Morgan fingerprint density at radius 1 is 1.26 bits per heavy atom. The van der Waals surface area contributed by atoms with Crippen molar-refractivity contribution in [3.8, 4) is 0 Å². The first kappa shape index (κ1) is 16.0. The zero-order valence-corrected chi connectivity index (χ0v) is 13.5. The van der Waals surface area contributed by atoms with Crippen molar-refractivity contribution in [2.24, 2.45) is 5.92 Å². The van der Waals surface area contributed by atoms with Crippen LogP contribution in [0.15, 0.2) is 24.3 Å². The molecule has 1 aromatic carbocycles. The zero-order chi connectivity index (χ0) is 16.4. The van der Waals surface area contributed by atoms with Crippen molar-refractivity contribution in [2.75, 3.05) is 18.0 Å². The van der Waals surface area contributed by atoms with Gasteiger partial charge in [0.15, 0.2) is 0 Å². The molecule has 0 saturated carbocycles. The number of hydrogen-bond acceptors (Lipinski definition) is 2. The highest BCUT2D eigenvalue weighted by Crippen LogP contribution is 2.29. The van der Waals surface area contributed by atoms with Gasteiger partial charge in [0.2, 0.25) is 11.8 Å². The second-order valence-electron chi connectivity index (χ2n) is 6.47. The Kier molecular flexibility index (Phi) is 4.64. The van der Waals surface area contributed by atoms with E-state index in [1.165, 1.54) is 18.6 Å². The summed E-state index contributed by atoms with van der Waals surface area (Å²) in [6.45, 7) is 3.32. The first-order chi connectivity index (χ1) is 11.1. The summed E-state index contributed by atoms with van der Waals surface area (Å²) in [7, 11) is 0. The van der Waals surface area contributed by atoms with Crippen LogP contribution in [0.25, 0.3) is 0 Å². The molecule has 3 rings (SSSR count). The third-order valence-electron chi connectivity index (χ3n) is 4.99. The number of hydrogen-bond donors (Lipinski definition) is 0. The number of carbonyl (C=O) groups is 2. The molecular formula is C18H23FN2O2. The van der Waals surface area contributed by atoms with Crippen LogP contribution in [0, 0.1) is 11.7 Å². The van der Waals surface area contributed by atoms with Crippen molar-refractivity contribution in [3.05, 3.63) is 30.1 Å². The highest BCUT2D eigenvalue weighted by Gasteiger charge is 2.39. The summed E-state index contributed by atoms with van der Waals surface area (Å²) in [4.78, 5) is 28.7. The molecule has 2 aliphatic rings. The number of carbonyl (C=O) groups excluding carboxylic acids is 2. The van der Waals surface area contributed by atoms with Gasteiger partial charge in [0.1, 0.15) is 5.82 Å². The Morgan fingerprint density at radius 3 is 2.70 bits per heavy atom. The van der Waals surface area contributed by atoms with Crippen LogP contribution in [0.5, 0.6) is 0 Å². The number of piperidine rings is 1. The lowest BCUT2D eigenvalue weighted by atomic mass is 9.97. The van der Waals surface area contributed by atoms with Crippen LogP contribution < -0.4 is 4.90 Å². The first-order valence-electron chi connectivity index (χ1n) is 8.46. The lowest BCUT2D eigenvalue weighted by Gasteiger charge is -2.36. The molecular weight excluding hydrogens is 295 g/mol. The quantitative estimate of drug-likeness (QED) is 0.859. The average molecular weight is 318 g/mol. The van der Waals surface area contributed by atoms with Crippen LogP contribution in [-0.4, -0.2) is 35.8 Å². The summed E-state index contributed by atoms with van der Waals surface area (Å²) < 4.78 is 13.0. The maximum Gasteiger partial charge on any atom is 0.228 e. The van der Waals surface area contributed by atoms with Gasteiger partial charge in [-0.05, 0) is 49.9 Å². The summed E-state index contributed by atoms with van der Waals surface area (Å²) in [6.07, 6.45) is 4.50. The molecule has 2 amide bonds. The third kappa shape index (κ3) is 3.23. The predicted molar refractivity (Wildman–Crippen MR) is 86.5 cm³/mol. The Labute approximate surface area is 136 Å². The van der Waals surface area contributed by atoms with Gasteiger partial charge in [-0.15, -0.1) is 0 Å². The molecule has 0 spiro atoms. The van der Waals surface area contributed by atoms with E-state index in [4.69, 9.17) is 0 Å². The second kappa shape index (κ2) is 6.69. The minimum atomic E-state index is -0.327. The molecule has 0 radical (unpaired) electrons. The number of likely N-dealkylation sites (tertiary alicyclic amines) is 1. The SMILES string of the molecule is CCC1CCCCN1C(=O)C1CC(=O)N(c2ccc(F)cc2)C1. The summed E-state index contributed by atoms with van der Waals surface area (Å²) in [5.41, 5.74) is 0.664. The van der Waals surface area contributed by atoms with E-state index in [-0.39, 0.29) is 30.0 Å². The Bertz CT molecular complexity index is 587. The molecule has 124 valence electrons. The number of anilines is 1. The first-order valence-corrected chi connectivity index (χ1v) is 8.46. The molecule has 1 aromatic rings. The van der Waals surface area contributed by atoms with Crippen LogP contribution in [0.1, 0.15) is 39.0 Å². The van der Waals surface area contributed by atoms with E-state index < -0.39 is 0 Å². The smallest absolute Gasteiger partial charge is 0.228 e. The summed E-state index contributed by atoms with van der Waals surface area (Å²) >= 11 is 0. The number of halogens is 1. The number of benzene rings is 1. The van der Waals surface area contributed by atoms with E-state index in [0.717, 1.165) is 25.8 Å². The lowest BCUT2D eigenvalue weighted by Crippen LogP contribution is -2.46. The normalized spacial score (nSPS) is 25.0. The fourth-order valence-electron chi connectivity index (χ4n) is 3.69. The molecule has 0 N–H and O–H groups in total. The minimum Gasteiger partial charge on any atom is -0.339 e. The zero-order valence-electron chi connectivity index (χ0n) is 13.5. The van der Waals surface area contributed by atoms with Crippen molar-refractivity contribution >= 4 is 17.5 Å².